The highest BCUT2D eigenvalue weighted by Crippen LogP contribution is 2.23. The van der Waals surface area contributed by atoms with Gasteiger partial charge >= 0.3 is 0 Å². The Balaban J connectivity index is 2.86. The van der Waals surface area contributed by atoms with E-state index in [1.165, 1.54) is 6.07 Å². The van der Waals surface area contributed by atoms with Crippen molar-refractivity contribution in [3.05, 3.63) is 34.1 Å². The van der Waals surface area contributed by atoms with E-state index in [-0.39, 0.29) is 12.2 Å². The van der Waals surface area contributed by atoms with Gasteiger partial charge in [0.2, 0.25) is 0 Å². The van der Waals surface area contributed by atoms with Crippen LogP contribution < -0.4 is 11.3 Å². The third-order valence-electron chi connectivity index (χ3n) is 2.32. The fourth-order valence-electron chi connectivity index (χ4n) is 1.44. The van der Waals surface area contributed by atoms with E-state index in [0.717, 1.165) is 6.26 Å². The maximum absolute atomic E-state index is 13.6. The topological polar surface area (TPSA) is 72.2 Å². The molecule has 1 aromatic carbocycles. The van der Waals surface area contributed by atoms with Crippen molar-refractivity contribution in [3.63, 3.8) is 0 Å². The first-order valence-corrected chi connectivity index (χ1v) is 7.77. The summed E-state index contributed by atoms with van der Waals surface area (Å²) in [5, 5.41) is 0. The van der Waals surface area contributed by atoms with Gasteiger partial charge in [-0.05, 0) is 18.6 Å². The van der Waals surface area contributed by atoms with Crippen LogP contribution in [0.3, 0.4) is 0 Å². The molecule has 1 rings (SSSR count). The summed E-state index contributed by atoms with van der Waals surface area (Å²) in [6, 6.07) is 4.06. The molecule has 1 aromatic rings. The Kier molecular flexibility index (Phi) is 5.05. The van der Waals surface area contributed by atoms with Gasteiger partial charge in [-0.15, -0.1) is 0 Å². The van der Waals surface area contributed by atoms with Gasteiger partial charge in [0.1, 0.15) is 15.7 Å². The highest BCUT2D eigenvalue weighted by atomic mass is 79.9. The third-order valence-corrected chi connectivity index (χ3v) is 3.79. The second-order valence-electron chi connectivity index (χ2n) is 3.80. The van der Waals surface area contributed by atoms with E-state index >= 15 is 0 Å². The highest BCUT2D eigenvalue weighted by molar-refractivity contribution is 9.10. The van der Waals surface area contributed by atoms with Gasteiger partial charge in [0, 0.05) is 22.3 Å². The quantitative estimate of drug-likeness (QED) is 0.636. The van der Waals surface area contributed by atoms with Crippen LogP contribution in [-0.2, 0) is 9.84 Å². The fraction of sp³-hybridized carbons (Fsp3) is 0.400. The molecule has 1 unspecified atom stereocenters. The molecule has 3 N–H and O–H groups in total. The molecule has 4 nitrogen and oxygen atoms in total. The maximum atomic E-state index is 13.6. The minimum atomic E-state index is -3.09. The number of nitrogens with two attached hydrogens (primary N) is 1. The van der Waals surface area contributed by atoms with Crippen LogP contribution in [0.5, 0.6) is 0 Å². The van der Waals surface area contributed by atoms with E-state index in [4.69, 9.17) is 5.84 Å². The van der Waals surface area contributed by atoms with E-state index < -0.39 is 21.7 Å². The van der Waals surface area contributed by atoms with E-state index in [2.05, 4.69) is 21.4 Å². The van der Waals surface area contributed by atoms with Crippen molar-refractivity contribution in [2.45, 2.75) is 12.5 Å². The Morgan fingerprint density at radius 3 is 2.65 bits per heavy atom. The van der Waals surface area contributed by atoms with Crippen LogP contribution in [0.4, 0.5) is 4.39 Å². The van der Waals surface area contributed by atoms with Crippen LogP contribution in [-0.4, -0.2) is 20.4 Å². The zero-order valence-electron chi connectivity index (χ0n) is 9.28. The lowest BCUT2D eigenvalue weighted by atomic mass is 10.0. The molecule has 0 saturated carbocycles. The van der Waals surface area contributed by atoms with Crippen molar-refractivity contribution in [1.82, 2.24) is 5.43 Å². The monoisotopic (exact) mass is 324 g/mol. The van der Waals surface area contributed by atoms with Gasteiger partial charge in [-0.3, -0.25) is 11.3 Å². The molecule has 0 spiro atoms. The lowest BCUT2D eigenvalue weighted by Crippen LogP contribution is -2.30. The largest absolute Gasteiger partial charge is 0.271 e. The average Bonchev–Trinajstić information content (AvgIpc) is 2.19. The number of rotatable bonds is 5. The van der Waals surface area contributed by atoms with Gasteiger partial charge in [0.05, 0.1) is 5.75 Å². The molecular formula is C10H14BrFN2O2S. The molecule has 7 heteroatoms. The summed E-state index contributed by atoms with van der Waals surface area (Å²) < 4.78 is 36.4. The molecule has 17 heavy (non-hydrogen) atoms. The second-order valence-corrected chi connectivity index (χ2v) is 6.98. The van der Waals surface area contributed by atoms with Gasteiger partial charge in [0.25, 0.3) is 0 Å². The standard InChI is InChI=1S/C10H14BrFN2O2S/c1-17(15,16)5-4-10(14-13)8-3-2-7(11)6-9(8)12/h2-3,6,10,14H,4-5,13H2,1H3. The van der Waals surface area contributed by atoms with Crippen LogP contribution in [0.1, 0.15) is 18.0 Å². The van der Waals surface area contributed by atoms with Crippen molar-refractivity contribution in [3.8, 4) is 0 Å². The Hall–Kier alpha value is -0.500. The number of benzene rings is 1. The molecule has 0 amide bonds. The maximum Gasteiger partial charge on any atom is 0.147 e. The predicted octanol–water partition coefficient (Wildman–Crippen LogP) is 1.53. The number of hydrogen-bond donors (Lipinski definition) is 2. The number of halogens is 2. The Labute approximate surface area is 108 Å². The molecule has 0 aliphatic rings. The fourth-order valence-corrected chi connectivity index (χ4v) is 2.44. The predicted molar refractivity (Wildman–Crippen MR) is 68.5 cm³/mol. The molecule has 0 aromatic heterocycles. The highest BCUT2D eigenvalue weighted by Gasteiger charge is 2.16. The number of sulfone groups is 1. The van der Waals surface area contributed by atoms with Crippen LogP contribution in [0.15, 0.2) is 22.7 Å². The lowest BCUT2D eigenvalue weighted by molar-refractivity contribution is 0.498. The molecule has 0 saturated heterocycles. The van der Waals surface area contributed by atoms with Gasteiger partial charge in [-0.1, -0.05) is 22.0 Å². The van der Waals surface area contributed by atoms with Gasteiger partial charge in [-0.25, -0.2) is 12.8 Å². The Bertz CT molecular complexity index is 493. The smallest absolute Gasteiger partial charge is 0.147 e. The SMILES string of the molecule is CS(=O)(=O)CCC(NN)c1ccc(Br)cc1F. The molecule has 96 valence electrons. The van der Waals surface area contributed by atoms with Crippen molar-refractivity contribution in [1.29, 1.82) is 0 Å². The Morgan fingerprint density at radius 2 is 2.18 bits per heavy atom. The van der Waals surface area contributed by atoms with Crippen LogP contribution in [0, 0.1) is 5.82 Å². The minimum Gasteiger partial charge on any atom is -0.271 e. The normalized spacial score (nSPS) is 13.6. The van der Waals surface area contributed by atoms with Crippen molar-refractivity contribution < 1.29 is 12.8 Å². The molecule has 0 bridgehead atoms. The second kappa shape index (κ2) is 5.90. The number of hydrogen-bond acceptors (Lipinski definition) is 4. The molecule has 1 atom stereocenters. The molecule has 0 radical (unpaired) electrons. The third kappa shape index (κ3) is 4.71. The van der Waals surface area contributed by atoms with Crippen LogP contribution >= 0.6 is 15.9 Å². The van der Waals surface area contributed by atoms with E-state index in [1.807, 2.05) is 0 Å². The van der Waals surface area contributed by atoms with Crippen molar-refractivity contribution >= 4 is 25.8 Å². The zero-order valence-corrected chi connectivity index (χ0v) is 11.7. The van der Waals surface area contributed by atoms with Crippen molar-refractivity contribution in [2.75, 3.05) is 12.0 Å². The summed E-state index contributed by atoms with van der Waals surface area (Å²) >= 11 is 3.15. The Morgan fingerprint density at radius 1 is 1.53 bits per heavy atom. The van der Waals surface area contributed by atoms with E-state index in [9.17, 15) is 12.8 Å². The summed E-state index contributed by atoms with van der Waals surface area (Å²) in [7, 11) is -3.09. The summed E-state index contributed by atoms with van der Waals surface area (Å²) in [5.74, 6) is 4.85. The summed E-state index contributed by atoms with van der Waals surface area (Å²) in [5.41, 5.74) is 2.79. The average molecular weight is 325 g/mol. The van der Waals surface area contributed by atoms with Gasteiger partial charge in [-0.2, -0.15) is 0 Å². The van der Waals surface area contributed by atoms with Gasteiger partial charge in [0.15, 0.2) is 0 Å². The molecule has 0 heterocycles. The van der Waals surface area contributed by atoms with Crippen molar-refractivity contribution in [2.24, 2.45) is 5.84 Å². The van der Waals surface area contributed by atoms with E-state index in [0.29, 0.717) is 10.0 Å². The summed E-state index contributed by atoms with van der Waals surface area (Å²) in [6.45, 7) is 0. The first-order chi connectivity index (χ1) is 7.83. The molecule has 0 aliphatic carbocycles. The first-order valence-electron chi connectivity index (χ1n) is 4.92. The zero-order chi connectivity index (χ0) is 13.1. The minimum absolute atomic E-state index is 0.0443. The van der Waals surface area contributed by atoms with Crippen LogP contribution in [0.2, 0.25) is 0 Å². The molecular weight excluding hydrogens is 311 g/mol. The van der Waals surface area contributed by atoms with E-state index in [1.54, 1.807) is 12.1 Å². The van der Waals surface area contributed by atoms with Gasteiger partial charge < -0.3 is 0 Å². The first kappa shape index (κ1) is 14.6. The summed E-state index contributed by atoms with van der Waals surface area (Å²) in [6.07, 6.45) is 1.37. The summed E-state index contributed by atoms with van der Waals surface area (Å²) in [4.78, 5) is 0. The van der Waals surface area contributed by atoms with Crippen LogP contribution in [0.25, 0.3) is 0 Å². The molecule has 0 aliphatic heterocycles. The lowest BCUT2D eigenvalue weighted by Gasteiger charge is -2.16. The number of hydrazine groups is 1. The number of nitrogens with one attached hydrogen (secondary N) is 1. The molecule has 0 fully saturated rings.